The Morgan fingerprint density at radius 2 is 1.92 bits per heavy atom. The number of aliphatic carboxylic acids is 1. The molecule has 2 N–H and O–H groups in total. The number of nitrogens with zero attached hydrogens (tertiary/aromatic N) is 2. The molecule has 39 heavy (non-hydrogen) atoms. The van der Waals surface area contributed by atoms with Crippen LogP contribution in [0, 0.1) is 5.82 Å². The largest absolute Gasteiger partial charge is 0.488 e. The van der Waals surface area contributed by atoms with E-state index in [-0.39, 0.29) is 37.7 Å². The summed E-state index contributed by atoms with van der Waals surface area (Å²) >= 11 is 0. The van der Waals surface area contributed by atoms with Crippen molar-refractivity contribution in [3.05, 3.63) is 64.5 Å². The number of halogens is 1. The lowest BCUT2D eigenvalue weighted by molar-refractivity contribution is -0.137. The molecule has 2 aromatic carbocycles. The standard InChI is InChI=1S/C29H36FN3O6/c1-29(2,3)31-27(36)24(9-10-26(34)35)33-17-22-21(28(33)37)5-4-6-25(22)39-18-20-15-19(7-8-23(20)30)16-32-11-13-38-14-12-32/h4-8,15,24H,9-14,16-18H2,1-3H3,(H,31,36)(H,34,35). The van der Waals surface area contributed by atoms with Gasteiger partial charge < -0.3 is 24.8 Å². The minimum atomic E-state index is -1.05. The Labute approximate surface area is 227 Å². The van der Waals surface area contributed by atoms with Gasteiger partial charge in [0, 0.05) is 48.3 Å². The number of carbonyl (C=O) groups is 3. The van der Waals surface area contributed by atoms with E-state index in [9.17, 15) is 23.9 Å². The van der Waals surface area contributed by atoms with E-state index in [1.165, 1.54) is 11.0 Å². The summed E-state index contributed by atoms with van der Waals surface area (Å²) in [5, 5.41) is 12.1. The average molecular weight is 542 g/mol. The molecule has 210 valence electrons. The molecular weight excluding hydrogens is 505 g/mol. The molecule has 0 spiro atoms. The van der Waals surface area contributed by atoms with Crippen LogP contribution < -0.4 is 10.1 Å². The summed E-state index contributed by atoms with van der Waals surface area (Å²) in [6, 6.07) is 9.10. The number of carboxylic acids is 1. The zero-order valence-electron chi connectivity index (χ0n) is 22.7. The van der Waals surface area contributed by atoms with Crippen molar-refractivity contribution in [1.82, 2.24) is 15.1 Å². The SMILES string of the molecule is CC(C)(C)NC(=O)C(CCC(=O)O)N1Cc2c(OCc3cc(CN4CCOCC4)ccc3F)cccc2C1=O. The molecule has 1 saturated heterocycles. The van der Waals surface area contributed by atoms with Crippen LogP contribution in [0.1, 0.15) is 60.7 Å². The maximum Gasteiger partial charge on any atom is 0.303 e. The summed E-state index contributed by atoms with van der Waals surface area (Å²) in [7, 11) is 0. The van der Waals surface area contributed by atoms with E-state index in [1.807, 2.05) is 20.8 Å². The van der Waals surface area contributed by atoms with E-state index in [0.29, 0.717) is 42.2 Å². The summed E-state index contributed by atoms with van der Waals surface area (Å²) in [5.74, 6) is -1.78. The molecule has 0 saturated carbocycles. The molecule has 0 bridgehead atoms. The molecule has 9 nitrogen and oxygen atoms in total. The summed E-state index contributed by atoms with van der Waals surface area (Å²) in [5.41, 5.74) is 1.81. The molecule has 2 aliphatic heterocycles. The number of carboxylic acid groups (broad SMARTS) is 1. The van der Waals surface area contributed by atoms with Gasteiger partial charge in [-0.1, -0.05) is 12.1 Å². The second-order valence-electron chi connectivity index (χ2n) is 11.0. The molecule has 2 aromatic rings. The Kier molecular flexibility index (Phi) is 8.87. The highest BCUT2D eigenvalue weighted by Crippen LogP contribution is 2.34. The van der Waals surface area contributed by atoms with Crippen molar-refractivity contribution < 1.29 is 33.4 Å². The van der Waals surface area contributed by atoms with Gasteiger partial charge in [0.1, 0.15) is 24.2 Å². The van der Waals surface area contributed by atoms with E-state index < -0.39 is 23.5 Å². The van der Waals surface area contributed by atoms with Crippen LogP contribution in [0.5, 0.6) is 5.75 Å². The third kappa shape index (κ3) is 7.33. The molecule has 2 heterocycles. The summed E-state index contributed by atoms with van der Waals surface area (Å²) in [6.45, 7) is 9.22. The highest BCUT2D eigenvalue weighted by atomic mass is 19.1. The predicted molar refractivity (Wildman–Crippen MR) is 142 cm³/mol. The van der Waals surface area contributed by atoms with Crippen LogP contribution >= 0.6 is 0 Å². The molecule has 10 heteroatoms. The number of carbonyl (C=O) groups excluding carboxylic acids is 2. The lowest BCUT2D eigenvalue weighted by Crippen LogP contribution is -2.52. The Balaban J connectivity index is 1.50. The smallest absolute Gasteiger partial charge is 0.303 e. The predicted octanol–water partition coefficient (Wildman–Crippen LogP) is 3.34. The van der Waals surface area contributed by atoms with Crippen LogP contribution in [-0.4, -0.2) is 70.6 Å². The van der Waals surface area contributed by atoms with Crippen molar-refractivity contribution >= 4 is 17.8 Å². The number of benzene rings is 2. The fourth-order valence-electron chi connectivity index (χ4n) is 4.86. The van der Waals surface area contributed by atoms with Gasteiger partial charge in [-0.3, -0.25) is 19.3 Å². The van der Waals surface area contributed by atoms with Crippen LogP contribution in [0.15, 0.2) is 36.4 Å². The lowest BCUT2D eigenvalue weighted by Gasteiger charge is -2.30. The first-order valence-electron chi connectivity index (χ1n) is 13.2. The minimum Gasteiger partial charge on any atom is -0.488 e. The quantitative estimate of drug-likeness (QED) is 0.475. The van der Waals surface area contributed by atoms with Crippen molar-refractivity contribution in [2.45, 2.75) is 64.9 Å². The van der Waals surface area contributed by atoms with E-state index in [1.54, 1.807) is 30.3 Å². The van der Waals surface area contributed by atoms with Crippen molar-refractivity contribution in [3.8, 4) is 5.75 Å². The number of ether oxygens (including phenoxy) is 2. The van der Waals surface area contributed by atoms with Gasteiger partial charge in [-0.25, -0.2) is 4.39 Å². The first kappa shape index (κ1) is 28.5. The summed E-state index contributed by atoms with van der Waals surface area (Å²) in [6.07, 6.45) is -0.278. The molecular formula is C29H36FN3O6. The number of nitrogens with one attached hydrogen (secondary N) is 1. The first-order valence-corrected chi connectivity index (χ1v) is 13.2. The Morgan fingerprint density at radius 3 is 2.62 bits per heavy atom. The molecule has 0 aromatic heterocycles. The molecule has 2 aliphatic rings. The first-order chi connectivity index (χ1) is 18.5. The number of hydrogen-bond donors (Lipinski definition) is 2. The number of rotatable bonds is 10. The highest BCUT2D eigenvalue weighted by Gasteiger charge is 2.38. The topological polar surface area (TPSA) is 108 Å². The second kappa shape index (κ2) is 12.1. The Bertz CT molecular complexity index is 1220. The second-order valence-corrected chi connectivity index (χ2v) is 11.0. The number of fused-ring (bicyclic) bond motifs is 1. The maximum absolute atomic E-state index is 14.7. The van der Waals surface area contributed by atoms with E-state index >= 15 is 0 Å². The fourth-order valence-corrected chi connectivity index (χ4v) is 4.86. The van der Waals surface area contributed by atoms with E-state index in [2.05, 4.69) is 10.2 Å². The van der Waals surface area contributed by atoms with Crippen LogP contribution in [0.4, 0.5) is 4.39 Å². The van der Waals surface area contributed by atoms with Crippen molar-refractivity contribution in [2.24, 2.45) is 0 Å². The monoisotopic (exact) mass is 541 g/mol. The zero-order valence-corrected chi connectivity index (χ0v) is 22.7. The van der Waals surface area contributed by atoms with E-state index in [0.717, 1.165) is 18.7 Å². The third-order valence-corrected chi connectivity index (χ3v) is 6.76. The van der Waals surface area contributed by atoms with Crippen LogP contribution in [0.25, 0.3) is 0 Å². The van der Waals surface area contributed by atoms with Gasteiger partial charge in [0.2, 0.25) is 5.91 Å². The molecule has 0 radical (unpaired) electrons. The highest BCUT2D eigenvalue weighted by molar-refractivity contribution is 6.02. The third-order valence-electron chi connectivity index (χ3n) is 6.76. The molecule has 1 atom stereocenters. The van der Waals surface area contributed by atoms with Crippen LogP contribution in [-0.2, 0) is 34.0 Å². The Hall–Kier alpha value is -3.50. The zero-order chi connectivity index (χ0) is 28.2. The van der Waals surface area contributed by atoms with Crippen LogP contribution in [0.2, 0.25) is 0 Å². The lowest BCUT2D eigenvalue weighted by atomic mass is 10.0. The molecule has 1 unspecified atom stereocenters. The molecule has 2 amide bonds. The van der Waals surface area contributed by atoms with Gasteiger partial charge in [0.05, 0.1) is 19.8 Å². The average Bonchev–Trinajstić information content (AvgIpc) is 3.20. The van der Waals surface area contributed by atoms with Crippen molar-refractivity contribution in [2.75, 3.05) is 26.3 Å². The van der Waals surface area contributed by atoms with Gasteiger partial charge in [-0.15, -0.1) is 0 Å². The van der Waals surface area contributed by atoms with Gasteiger partial charge in [0.25, 0.3) is 5.91 Å². The normalized spacial score (nSPS) is 16.6. The number of morpholine rings is 1. The van der Waals surface area contributed by atoms with Gasteiger partial charge in [-0.2, -0.15) is 0 Å². The van der Waals surface area contributed by atoms with Crippen LogP contribution in [0.3, 0.4) is 0 Å². The molecule has 1 fully saturated rings. The summed E-state index contributed by atoms with van der Waals surface area (Å²) < 4.78 is 26.1. The number of amides is 2. The minimum absolute atomic E-state index is 0.0195. The Morgan fingerprint density at radius 1 is 1.18 bits per heavy atom. The van der Waals surface area contributed by atoms with Crippen molar-refractivity contribution in [1.29, 1.82) is 0 Å². The van der Waals surface area contributed by atoms with Gasteiger partial charge in [0.15, 0.2) is 0 Å². The molecule has 0 aliphatic carbocycles. The maximum atomic E-state index is 14.7. The van der Waals surface area contributed by atoms with Crippen molar-refractivity contribution in [3.63, 3.8) is 0 Å². The fraction of sp³-hybridized carbons (Fsp3) is 0.483. The van der Waals surface area contributed by atoms with Gasteiger partial charge >= 0.3 is 5.97 Å². The number of hydrogen-bond acceptors (Lipinski definition) is 6. The summed E-state index contributed by atoms with van der Waals surface area (Å²) in [4.78, 5) is 41.3. The molecule has 4 rings (SSSR count). The van der Waals surface area contributed by atoms with E-state index in [4.69, 9.17) is 9.47 Å². The van der Waals surface area contributed by atoms with Gasteiger partial charge in [-0.05, 0) is 57.0 Å².